The molecule has 1 aromatic rings. The highest BCUT2D eigenvalue weighted by Gasteiger charge is 2.18. The van der Waals surface area contributed by atoms with Gasteiger partial charge in [0.1, 0.15) is 0 Å². The molecule has 0 aliphatic rings. The summed E-state index contributed by atoms with van der Waals surface area (Å²) in [4.78, 5) is 10.6. The highest BCUT2D eigenvalue weighted by molar-refractivity contribution is 5.74. The number of benzene rings is 1. The van der Waals surface area contributed by atoms with E-state index >= 15 is 0 Å². The summed E-state index contributed by atoms with van der Waals surface area (Å²) in [5.41, 5.74) is 0.168. The van der Waals surface area contributed by atoms with Gasteiger partial charge in [-0.2, -0.15) is 0 Å². The number of aliphatic hydroxyl groups excluding tert-OH is 1. The van der Waals surface area contributed by atoms with Gasteiger partial charge in [-0.05, 0) is 31.5 Å². The van der Waals surface area contributed by atoms with Gasteiger partial charge in [-0.25, -0.2) is 4.79 Å². The Hall–Kier alpha value is -1.75. The summed E-state index contributed by atoms with van der Waals surface area (Å²) in [7, 11) is 0. The van der Waals surface area contributed by atoms with Crippen LogP contribution in [0.4, 0.5) is 0 Å². The summed E-state index contributed by atoms with van der Waals surface area (Å²) in [5.74, 6) is -1.27. The molecule has 0 heterocycles. The predicted octanol–water partition coefficient (Wildman–Crippen LogP) is 1.30. The van der Waals surface area contributed by atoms with Crippen molar-refractivity contribution in [3.8, 4) is 11.5 Å². The molecule has 0 fully saturated rings. The maximum Gasteiger partial charge on any atom is 0.337 e. The number of carboxylic acids is 1. The van der Waals surface area contributed by atoms with E-state index in [0.717, 1.165) is 0 Å². The van der Waals surface area contributed by atoms with E-state index in [0.29, 0.717) is 0 Å². The van der Waals surface area contributed by atoms with Crippen LogP contribution in [-0.2, 0) is 4.79 Å². The first-order valence-electron chi connectivity index (χ1n) is 4.82. The fourth-order valence-electron chi connectivity index (χ4n) is 1.19. The summed E-state index contributed by atoms with van der Waals surface area (Å²) < 4.78 is 5.26. The van der Waals surface area contributed by atoms with Gasteiger partial charge in [-0.3, -0.25) is 0 Å². The quantitative estimate of drug-likeness (QED) is 0.720. The van der Waals surface area contributed by atoms with Crippen molar-refractivity contribution in [3.05, 3.63) is 23.8 Å². The third kappa shape index (κ3) is 2.87. The van der Waals surface area contributed by atoms with E-state index in [1.807, 2.05) is 0 Å². The first-order valence-corrected chi connectivity index (χ1v) is 4.82. The van der Waals surface area contributed by atoms with Crippen LogP contribution in [0.1, 0.15) is 25.5 Å². The zero-order valence-electron chi connectivity index (χ0n) is 9.04. The number of aromatic hydroxyl groups is 1. The molecule has 0 radical (unpaired) electrons. The molecule has 0 amide bonds. The Bertz CT molecular complexity index is 386. The van der Waals surface area contributed by atoms with Gasteiger partial charge in [0.15, 0.2) is 17.6 Å². The van der Waals surface area contributed by atoms with Crippen LogP contribution in [0.5, 0.6) is 11.5 Å². The van der Waals surface area contributed by atoms with Crippen molar-refractivity contribution in [1.82, 2.24) is 0 Å². The van der Waals surface area contributed by atoms with Gasteiger partial charge in [-0.15, -0.1) is 0 Å². The van der Waals surface area contributed by atoms with Crippen LogP contribution in [0, 0.1) is 0 Å². The van der Waals surface area contributed by atoms with Crippen LogP contribution < -0.4 is 4.74 Å². The Balaban J connectivity index is 3.02. The summed E-state index contributed by atoms with van der Waals surface area (Å²) in [6.45, 7) is 3.56. The molecule has 0 saturated heterocycles. The van der Waals surface area contributed by atoms with Crippen molar-refractivity contribution in [3.63, 3.8) is 0 Å². The van der Waals surface area contributed by atoms with Gasteiger partial charge >= 0.3 is 5.97 Å². The molecule has 1 atom stereocenters. The van der Waals surface area contributed by atoms with Crippen molar-refractivity contribution >= 4 is 5.97 Å². The molecule has 3 N–H and O–H groups in total. The summed E-state index contributed by atoms with van der Waals surface area (Å²) in [6, 6.07) is 3.94. The van der Waals surface area contributed by atoms with Gasteiger partial charge in [0.05, 0.1) is 6.10 Å². The second-order valence-electron chi connectivity index (χ2n) is 3.63. The minimum Gasteiger partial charge on any atom is -0.504 e. The van der Waals surface area contributed by atoms with Gasteiger partial charge in [0, 0.05) is 0 Å². The lowest BCUT2D eigenvalue weighted by atomic mass is 10.1. The number of phenols is 1. The van der Waals surface area contributed by atoms with E-state index in [-0.39, 0.29) is 23.2 Å². The van der Waals surface area contributed by atoms with E-state index in [4.69, 9.17) is 9.84 Å². The zero-order chi connectivity index (χ0) is 12.3. The highest BCUT2D eigenvalue weighted by atomic mass is 16.5. The van der Waals surface area contributed by atoms with E-state index in [1.165, 1.54) is 18.2 Å². The van der Waals surface area contributed by atoms with E-state index in [2.05, 4.69) is 0 Å². The smallest absolute Gasteiger partial charge is 0.337 e. The Morgan fingerprint density at radius 2 is 2.00 bits per heavy atom. The second kappa shape index (κ2) is 4.85. The molecule has 0 aliphatic carbocycles. The fourth-order valence-corrected chi connectivity index (χ4v) is 1.19. The van der Waals surface area contributed by atoms with Crippen LogP contribution >= 0.6 is 0 Å². The standard InChI is InChI=1S/C11H14O5/c1-6(2)16-9-5-7(3-4-8(9)12)10(13)11(14)15/h3-6,10,12-13H,1-2H3,(H,14,15). The number of rotatable bonds is 4. The average molecular weight is 226 g/mol. The van der Waals surface area contributed by atoms with E-state index in [1.54, 1.807) is 13.8 Å². The number of hydrogen-bond donors (Lipinski definition) is 3. The van der Waals surface area contributed by atoms with Crippen molar-refractivity contribution in [2.45, 2.75) is 26.1 Å². The van der Waals surface area contributed by atoms with E-state index < -0.39 is 12.1 Å². The predicted molar refractivity (Wildman–Crippen MR) is 56.5 cm³/mol. The van der Waals surface area contributed by atoms with Crippen molar-refractivity contribution in [2.75, 3.05) is 0 Å². The highest BCUT2D eigenvalue weighted by Crippen LogP contribution is 2.30. The fraction of sp³-hybridized carbons (Fsp3) is 0.364. The molecule has 5 nitrogen and oxygen atoms in total. The Morgan fingerprint density at radius 3 is 2.50 bits per heavy atom. The maximum absolute atomic E-state index is 10.6. The molecule has 0 saturated carbocycles. The lowest BCUT2D eigenvalue weighted by Crippen LogP contribution is -2.11. The number of carboxylic acid groups (broad SMARTS) is 1. The molecular formula is C11H14O5. The molecule has 88 valence electrons. The average Bonchev–Trinajstić information content (AvgIpc) is 2.19. The number of aliphatic carboxylic acids is 1. The van der Waals surface area contributed by atoms with Gasteiger partial charge in [0.2, 0.25) is 0 Å². The van der Waals surface area contributed by atoms with Crippen LogP contribution in [-0.4, -0.2) is 27.4 Å². The molecular weight excluding hydrogens is 212 g/mol. The lowest BCUT2D eigenvalue weighted by molar-refractivity contribution is -0.146. The van der Waals surface area contributed by atoms with E-state index in [9.17, 15) is 15.0 Å². The Labute approximate surface area is 92.9 Å². The molecule has 0 spiro atoms. The van der Waals surface area contributed by atoms with Crippen molar-refractivity contribution in [1.29, 1.82) is 0 Å². The summed E-state index contributed by atoms with van der Waals surface area (Å²) >= 11 is 0. The molecule has 1 rings (SSSR count). The molecule has 1 aromatic carbocycles. The minimum atomic E-state index is -1.62. The molecule has 0 aromatic heterocycles. The molecule has 16 heavy (non-hydrogen) atoms. The van der Waals surface area contributed by atoms with Gasteiger partial charge < -0.3 is 20.1 Å². The SMILES string of the molecule is CC(C)Oc1cc(C(O)C(=O)O)ccc1O. The number of ether oxygens (including phenoxy) is 1. The topological polar surface area (TPSA) is 87.0 Å². The van der Waals surface area contributed by atoms with Crippen LogP contribution in [0.2, 0.25) is 0 Å². The summed E-state index contributed by atoms with van der Waals surface area (Å²) in [6.07, 6.45) is -1.77. The maximum atomic E-state index is 10.6. The lowest BCUT2D eigenvalue weighted by Gasteiger charge is -2.13. The molecule has 1 unspecified atom stereocenters. The third-order valence-corrected chi connectivity index (χ3v) is 1.90. The van der Waals surface area contributed by atoms with Gasteiger partial charge in [-0.1, -0.05) is 6.07 Å². The minimum absolute atomic E-state index is 0.0879. The largest absolute Gasteiger partial charge is 0.504 e. The Kier molecular flexibility index (Phi) is 3.73. The number of phenolic OH excluding ortho intramolecular Hbond substituents is 1. The monoisotopic (exact) mass is 226 g/mol. The number of aliphatic hydroxyl groups is 1. The van der Waals surface area contributed by atoms with Gasteiger partial charge in [0.25, 0.3) is 0 Å². The van der Waals surface area contributed by atoms with Crippen molar-refractivity contribution < 1.29 is 24.9 Å². The second-order valence-corrected chi connectivity index (χ2v) is 3.63. The zero-order valence-corrected chi connectivity index (χ0v) is 9.04. The van der Waals surface area contributed by atoms with Crippen LogP contribution in [0.3, 0.4) is 0 Å². The van der Waals surface area contributed by atoms with Crippen molar-refractivity contribution in [2.24, 2.45) is 0 Å². The van der Waals surface area contributed by atoms with Crippen LogP contribution in [0.15, 0.2) is 18.2 Å². The third-order valence-electron chi connectivity index (χ3n) is 1.90. The number of hydrogen-bond acceptors (Lipinski definition) is 4. The first-order chi connectivity index (χ1) is 7.41. The number of carbonyl (C=O) groups is 1. The van der Waals surface area contributed by atoms with Crippen LogP contribution in [0.25, 0.3) is 0 Å². The summed E-state index contributed by atoms with van der Waals surface area (Å²) in [5, 5.41) is 27.4. The first kappa shape index (κ1) is 12.3. The molecule has 0 bridgehead atoms. The molecule has 0 aliphatic heterocycles. The molecule has 5 heteroatoms. The normalized spacial score (nSPS) is 12.5. The Morgan fingerprint density at radius 1 is 1.38 bits per heavy atom.